The van der Waals surface area contributed by atoms with E-state index in [-0.39, 0.29) is 0 Å². The zero-order chi connectivity index (χ0) is 21.4. The van der Waals surface area contributed by atoms with Gasteiger partial charge >= 0.3 is 12.2 Å². The number of piperazine rings is 1. The van der Waals surface area contributed by atoms with Gasteiger partial charge in [-0.1, -0.05) is 18.2 Å². The Morgan fingerprint density at radius 2 is 1.76 bits per heavy atom. The number of rotatable bonds is 8. The fourth-order valence-electron chi connectivity index (χ4n) is 3.15. The standard InChI is InChI=1S/C20H26F4N4O/c1-3-8-26(9-4-2)10-11-27-12-14-28(15-13-27)19(29)25-18-16(20(22,23)24)6-5-7-17(18)21/h3-7H,1-2,8-15H2,(H,25,29). The van der Waals surface area contributed by atoms with Crippen LogP contribution in [0.15, 0.2) is 43.5 Å². The zero-order valence-electron chi connectivity index (χ0n) is 16.2. The topological polar surface area (TPSA) is 38.8 Å². The molecular weight excluding hydrogens is 388 g/mol. The van der Waals surface area contributed by atoms with Crippen LogP contribution in [0.4, 0.5) is 28.0 Å². The van der Waals surface area contributed by atoms with E-state index >= 15 is 0 Å². The fourth-order valence-corrected chi connectivity index (χ4v) is 3.15. The minimum absolute atomic E-state index is 0.352. The zero-order valence-corrected chi connectivity index (χ0v) is 16.2. The molecular formula is C20H26F4N4O. The van der Waals surface area contributed by atoms with Crippen molar-refractivity contribution >= 4 is 11.7 Å². The van der Waals surface area contributed by atoms with Crippen LogP contribution in [-0.2, 0) is 6.18 Å². The second kappa shape index (κ2) is 10.4. The van der Waals surface area contributed by atoms with Gasteiger partial charge in [0.1, 0.15) is 5.82 Å². The summed E-state index contributed by atoms with van der Waals surface area (Å²) in [5.74, 6) is -1.11. The third kappa shape index (κ3) is 6.57. The van der Waals surface area contributed by atoms with Crippen LogP contribution >= 0.6 is 0 Å². The maximum absolute atomic E-state index is 13.9. The van der Waals surface area contributed by atoms with Crippen LogP contribution in [0.5, 0.6) is 0 Å². The molecule has 0 atom stereocenters. The van der Waals surface area contributed by atoms with Crippen molar-refractivity contribution in [1.82, 2.24) is 14.7 Å². The summed E-state index contributed by atoms with van der Waals surface area (Å²) in [7, 11) is 0. The van der Waals surface area contributed by atoms with Gasteiger partial charge in [0.25, 0.3) is 0 Å². The molecule has 1 N–H and O–H groups in total. The second-order valence-corrected chi connectivity index (χ2v) is 6.76. The predicted octanol–water partition coefficient (Wildman–Crippen LogP) is 3.67. The van der Waals surface area contributed by atoms with Crippen LogP contribution < -0.4 is 5.32 Å². The Hall–Kier alpha value is -2.39. The summed E-state index contributed by atoms with van der Waals surface area (Å²) in [6.45, 7) is 12.5. The van der Waals surface area contributed by atoms with Gasteiger partial charge in [-0.25, -0.2) is 9.18 Å². The first kappa shape index (κ1) is 22.9. The Balaban J connectivity index is 1.90. The van der Waals surface area contributed by atoms with Crippen molar-refractivity contribution in [3.63, 3.8) is 0 Å². The number of halogens is 4. The lowest BCUT2D eigenvalue weighted by Crippen LogP contribution is -2.51. The van der Waals surface area contributed by atoms with E-state index in [0.717, 1.165) is 44.4 Å². The Labute approximate surface area is 168 Å². The lowest BCUT2D eigenvalue weighted by molar-refractivity contribution is -0.137. The van der Waals surface area contributed by atoms with Crippen LogP contribution in [0.25, 0.3) is 0 Å². The van der Waals surface area contributed by atoms with Crippen molar-refractivity contribution in [3.05, 3.63) is 54.9 Å². The van der Waals surface area contributed by atoms with E-state index in [1.54, 1.807) is 0 Å². The summed E-state index contributed by atoms with van der Waals surface area (Å²) >= 11 is 0. The monoisotopic (exact) mass is 414 g/mol. The summed E-state index contributed by atoms with van der Waals surface area (Å²) in [6.07, 6.45) is -1.11. The molecule has 5 nitrogen and oxygen atoms in total. The van der Waals surface area contributed by atoms with E-state index in [1.807, 2.05) is 12.2 Å². The molecule has 1 aliphatic heterocycles. The number of urea groups is 1. The van der Waals surface area contributed by atoms with Crippen molar-refractivity contribution < 1.29 is 22.4 Å². The maximum atomic E-state index is 13.9. The third-order valence-electron chi connectivity index (χ3n) is 4.72. The molecule has 2 rings (SSSR count). The number of nitrogens with zero attached hydrogens (tertiary/aromatic N) is 3. The maximum Gasteiger partial charge on any atom is 0.418 e. The molecule has 1 aromatic rings. The van der Waals surface area contributed by atoms with Crippen LogP contribution in [0.2, 0.25) is 0 Å². The highest BCUT2D eigenvalue weighted by atomic mass is 19.4. The van der Waals surface area contributed by atoms with Gasteiger partial charge in [-0.2, -0.15) is 13.2 Å². The molecule has 0 radical (unpaired) electrons. The summed E-state index contributed by atoms with van der Waals surface area (Å²) in [6, 6.07) is 1.87. The Kier molecular flexibility index (Phi) is 8.21. The number of hydrogen-bond acceptors (Lipinski definition) is 3. The quantitative estimate of drug-likeness (QED) is 0.521. The van der Waals surface area contributed by atoms with Gasteiger partial charge in [-0.05, 0) is 12.1 Å². The minimum atomic E-state index is -4.76. The predicted molar refractivity (Wildman–Crippen MR) is 105 cm³/mol. The molecule has 0 bridgehead atoms. The molecule has 9 heteroatoms. The number of alkyl halides is 3. The average Bonchev–Trinajstić information content (AvgIpc) is 2.67. The molecule has 1 aromatic carbocycles. The van der Waals surface area contributed by atoms with Crippen LogP contribution in [0.3, 0.4) is 0 Å². The van der Waals surface area contributed by atoms with Gasteiger partial charge in [0.15, 0.2) is 0 Å². The first-order chi connectivity index (χ1) is 13.8. The summed E-state index contributed by atoms with van der Waals surface area (Å²) in [5, 5.41) is 2.10. The van der Waals surface area contributed by atoms with Gasteiger partial charge in [-0.3, -0.25) is 9.80 Å². The second-order valence-electron chi connectivity index (χ2n) is 6.76. The number of para-hydroxylation sites is 1. The molecule has 1 saturated heterocycles. The summed E-state index contributed by atoms with van der Waals surface area (Å²) in [5.41, 5.74) is -2.04. The van der Waals surface area contributed by atoms with Crippen molar-refractivity contribution in [2.24, 2.45) is 0 Å². The Morgan fingerprint density at radius 3 is 2.31 bits per heavy atom. The van der Waals surface area contributed by atoms with E-state index in [2.05, 4.69) is 28.3 Å². The van der Waals surface area contributed by atoms with Crippen LogP contribution in [0.1, 0.15) is 5.56 Å². The number of carbonyl (C=O) groups is 1. The van der Waals surface area contributed by atoms with Crippen molar-refractivity contribution in [2.75, 3.05) is 57.7 Å². The molecule has 1 fully saturated rings. The number of anilines is 1. The SMILES string of the molecule is C=CCN(CC=C)CCN1CCN(C(=O)Nc2c(F)cccc2C(F)(F)F)CC1. The number of hydrogen-bond donors (Lipinski definition) is 1. The van der Waals surface area contributed by atoms with E-state index in [9.17, 15) is 22.4 Å². The highest BCUT2D eigenvalue weighted by Gasteiger charge is 2.35. The first-order valence-electron chi connectivity index (χ1n) is 9.34. The highest BCUT2D eigenvalue weighted by Crippen LogP contribution is 2.36. The lowest BCUT2D eigenvalue weighted by Gasteiger charge is -2.35. The van der Waals surface area contributed by atoms with E-state index in [1.165, 1.54) is 4.90 Å². The van der Waals surface area contributed by atoms with Gasteiger partial charge in [0.05, 0.1) is 11.3 Å². The largest absolute Gasteiger partial charge is 0.418 e. The smallest absolute Gasteiger partial charge is 0.322 e. The molecule has 2 amide bonds. The normalized spacial score (nSPS) is 15.4. The van der Waals surface area contributed by atoms with Crippen molar-refractivity contribution in [2.45, 2.75) is 6.18 Å². The Bertz CT molecular complexity index is 705. The van der Waals surface area contributed by atoms with Gasteiger partial charge < -0.3 is 10.2 Å². The molecule has 29 heavy (non-hydrogen) atoms. The van der Waals surface area contributed by atoms with E-state index in [0.29, 0.717) is 26.2 Å². The third-order valence-corrected chi connectivity index (χ3v) is 4.72. The van der Waals surface area contributed by atoms with Crippen molar-refractivity contribution in [1.29, 1.82) is 0 Å². The van der Waals surface area contributed by atoms with Crippen LogP contribution in [0, 0.1) is 5.82 Å². The number of carbonyl (C=O) groups excluding carboxylic acids is 1. The molecule has 0 spiro atoms. The summed E-state index contributed by atoms with van der Waals surface area (Å²) < 4.78 is 53.1. The Morgan fingerprint density at radius 1 is 1.14 bits per heavy atom. The van der Waals surface area contributed by atoms with Gasteiger partial charge in [-0.15, -0.1) is 13.2 Å². The number of benzene rings is 1. The lowest BCUT2D eigenvalue weighted by atomic mass is 10.1. The number of amides is 2. The molecule has 0 aromatic heterocycles. The van der Waals surface area contributed by atoms with Crippen molar-refractivity contribution in [3.8, 4) is 0 Å². The van der Waals surface area contributed by atoms with Gasteiger partial charge in [0, 0.05) is 52.4 Å². The molecule has 1 aliphatic rings. The first-order valence-corrected chi connectivity index (χ1v) is 9.34. The fraction of sp³-hybridized carbons (Fsp3) is 0.450. The molecule has 0 unspecified atom stereocenters. The van der Waals surface area contributed by atoms with E-state index < -0.39 is 29.3 Å². The van der Waals surface area contributed by atoms with Crippen LogP contribution in [-0.4, -0.2) is 73.1 Å². The highest BCUT2D eigenvalue weighted by molar-refractivity contribution is 5.90. The molecule has 160 valence electrons. The van der Waals surface area contributed by atoms with Gasteiger partial charge in [0.2, 0.25) is 0 Å². The molecule has 0 saturated carbocycles. The molecule has 1 heterocycles. The molecule has 0 aliphatic carbocycles. The average molecular weight is 414 g/mol. The van der Waals surface area contributed by atoms with E-state index in [4.69, 9.17) is 0 Å². The minimum Gasteiger partial charge on any atom is -0.322 e. The summed E-state index contributed by atoms with van der Waals surface area (Å²) in [4.78, 5) is 18.1. The number of nitrogens with one attached hydrogen (secondary N) is 1.